The highest BCUT2D eigenvalue weighted by molar-refractivity contribution is 9.11. The van der Waals surface area contributed by atoms with E-state index in [9.17, 15) is 0 Å². The van der Waals surface area contributed by atoms with Crippen molar-refractivity contribution >= 4 is 31.9 Å². The van der Waals surface area contributed by atoms with E-state index in [2.05, 4.69) is 49.3 Å². The standard InChI is InChI=1S/C15H21Br2NO2/c1-2-19-6-3-7-20-15-13(16)8-11(9-14(15)17)10-18-12-4-5-12/h8-9,12,18H,2-7,10H2,1H3. The van der Waals surface area contributed by atoms with Gasteiger partial charge in [-0.05, 0) is 69.3 Å². The van der Waals surface area contributed by atoms with Crippen molar-refractivity contribution in [1.29, 1.82) is 0 Å². The first-order chi connectivity index (χ1) is 9.70. The third kappa shape index (κ3) is 5.35. The highest BCUT2D eigenvalue weighted by Crippen LogP contribution is 2.35. The van der Waals surface area contributed by atoms with Gasteiger partial charge >= 0.3 is 0 Å². The Hall–Kier alpha value is -0.100. The molecule has 1 aromatic carbocycles. The van der Waals surface area contributed by atoms with E-state index in [0.717, 1.165) is 46.9 Å². The highest BCUT2D eigenvalue weighted by Gasteiger charge is 2.20. The van der Waals surface area contributed by atoms with Gasteiger partial charge in [0.05, 0.1) is 15.6 Å². The average Bonchev–Trinajstić information content (AvgIpc) is 3.23. The molecule has 0 radical (unpaired) electrons. The van der Waals surface area contributed by atoms with Crippen LogP contribution in [0.15, 0.2) is 21.1 Å². The zero-order chi connectivity index (χ0) is 14.4. The molecule has 1 saturated carbocycles. The Kier molecular flexibility index (Phi) is 6.81. The second-order valence-electron chi connectivity index (χ2n) is 4.94. The largest absolute Gasteiger partial charge is 0.491 e. The van der Waals surface area contributed by atoms with Crippen LogP contribution in [-0.2, 0) is 11.3 Å². The number of nitrogens with one attached hydrogen (secondary N) is 1. The summed E-state index contributed by atoms with van der Waals surface area (Å²) in [5.41, 5.74) is 1.26. The molecule has 1 aliphatic carbocycles. The fraction of sp³-hybridized carbons (Fsp3) is 0.600. The molecule has 0 saturated heterocycles. The Morgan fingerprint density at radius 1 is 1.20 bits per heavy atom. The van der Waals surface area contributed by atoms with Gasteiger partial charge in [0.15, 0.2) is 0 Å². The number of hydrogen-bond acceptors (Lipinski definition) is 3. The highest BCUT2D eigenvalue weighted by atomic mass is 79.9. The molecule has 5 heteroatoms. The van der Waals surface area contributed by atoms with Crippen LogP contribution in [-0.4, -0.2) is 25.9 Å². The first-order valence-electron chi connectivity index (χ1n) is 7.12. The molecule has 0 atom stereocenters. The topological polar surface area (TPSA) is 30.5 Å². The first-order valence-corrected chi connectivity index (χ1v) is 8.71. The van der Waals surface area contributed by atoms with E-state index >= 15 is 0 Å². The van der Waals surface area contributed by atoms with Crippen LogP contribution in [0.1, 0.15) is 31.7 Å². The minimum Gasteiger partial charge on any atom is -0.491 e. The second-order valence-corrected chi connectivity index (χ2v) is 6.65. The Bertz CT molecular complexity index is 413. The van der Waals surface area contributed by atoms with Gasteiger partial charge in [-0.25, -0.2) is 0 Å². The van der Waals surface area contributed by atoms with Gasteiger partial charge in [0.25, 0.3) is 0 Å². The molecule has 0 spiro atoms. The summed E-state index contributed by atoms with van der Waals surface area (Å²) in [5, 5.41) is 3.51. The fourth-order valence-electron chi connectivity index (χ4n) is 1.88. The maximum atomic E-state index is 5.81. The van der Waals surface area contributed by atoms with Gasteiger partial charge in [-0.3, -0.25) is 0 Å². The van der Waals surface area contributed by atoms with Gasteiger partial charge in [0.1, 0.15) is 5.75 Å². The third-order valence-corrected chi connectivity index (χ3v) is 4.29. The van der Waals surface area contributed by atoms with Gasteiger partial charge in [-0.1, -0.05) is 0 Å². The predicted molar refractivity (Wildman–Crippen MR) is 88.3 cm³/mol. The van der Waals surface area contributed by atoms with Crippen molar-refractivity contribution in [3.8, 4) is 5.75 Å². The molecule has 0 aromatic heterocycles. The van der Waals surface area contributed by atoms with Crippen LogP contribution in [0, 0.1) is 0 Å². The van der Waals surface area contributed by atoms with E-state index < -0.39 is 0 Å². The van der Waals surface area contributed by atoms with E-state index in [4.69, 9.17) is 9.47 Å². The normalized spacial score (nSPS) is 14.6. The molecule has 0 aliphatic heterocycles. The zero-order valence-corrected chi connectivity index (χ0v) is 14.9. The summed E-state index contributed by atoms with van der Waals surface area (Å²) in [6.45, 7) is 5.08. The van der Waals surface area contributed by atoms with Gasteiger partial charge in [-0.2, -0.15) is 0 Å². The molecule has 1 aromatic rings. The maximum absolute atomic E-state index is 5.81. The average molecular weight is 407 g/mol. The molecule has 1 aliphatic rings. The lowest BCUT2D eigenvalue weighted by Crippen LogP contribution is -2.15. The van der Waals surface area contributed by atoms with Crippen LogP contribution in [0.3, 0.4) is 0 Å². The summed E-state index contributed by atoms with van der Waals surface area (Å²) in [4.78, 5) is 0. The predicted octanol–water partition coefficient (Wildman–Crippen LogP) is 4.27. The summed E-state index contributed by atoms with van der Waals surface area (Å²) in [6, 6.07) is 4.97. The Labute approximate surface area is 137 Å². The van der Waals surface area contributed by atoms with E-state index in [1.807, 2.05) is 6.92 Å². The summed E-state index contributed by atoms with van der Waals surface area (Å²) in [6.07, 6.45) is 3.52. The monoisotopic (exact) mass is 405 g/mol. The lowest BCUT2D eigenvalue weighted by molar-refractivity contribution is 0.130. The third-order valence-electron chi connectivity index (χ3n) is 3.11. The zero-order valence-electron chi connectivity index (χ0n) is 11.8. The number of ether oxygens (including phenoxy) is 2. The molecule has 2 rings (SSSR count). The van der Waals surface area contributed by atoms with Crippen LogP contribution in [0.4, 0.5) is 0 Å². The summed E-state index contributed by atoms with van der Waals surface area (Å²) in [7, 11) is 0. The Balaban J connectivity index is 1.84. The van der Waals surface area contributed by atoms with Crippen molar-refractivity contribution < 1.29 is 9.47 Å². The summed E-state index contributed by atoms with van der Waals surface area (Å²) >= 11 is 7.18. The molecule has 0 bridgehead atoms. The van der Waals surface area contributed by atoms with Gasteiger partial charge in [0.2, 0.25) is 0 Å². The van der Waals surface area contributed by atoms with Crippen molar-refractivity contribution in [2.75, 3.05) is 19.8 Å². The summed E-state index contributed by atoms with van der Waals surface area (Å²) in [5.74, 6) is 0.872. The van der Waals surface area contributed by atoms with Gasteiger partial charge < -0.3 is 14.8 Å². The van der Waals surface area contributed by atoms with E-state index in [0.29, 0.717) is 6.61 Å². The van der Waals surface area contributed by atoms with E-state index in [-0.39, 0.29) is 0 Å². The SMILES string of the molecule is CCOCCCOc1c(Br)cc(CNC2CC2)cc1Br. The number of hydrogen-bond donors (Lipinski definition) is 1. The first kappa shape index (κ1) is 16.3. The number of benzene rings is 1. The van der Waals surface area contributed by atoms with Crippen molar-refractivity contribution in [3.63, 3.8) is 0 Å². The summed E-state index contributed by atoms with van der Waals surface area (Å²) < 4.78 is 13.1. The second kappa shape index (κ2) is 8.37. The Morgan fingerprint density at radius 3 is 2.50 bits per heavy atom. The van der Waals surface area contributed by atoms with Crippen LogP contribution in [0.2, 0.25) is 0 Å². The van der Waals surface area contributed by atoms with Crippen molar-refractivity contribution in [1.82, 2.24) is 5.32 Å². The van der Waals surface area contributed by atoms with Crippen LogP contribution < -0.4 is 10.1 Å². The number of rotatable bonds is 9. The lowest BCUT2D eigenvalue weighted by atomic mass is 10.2. The smallest absolute Gasteiger partial charge is 0.147 e. The quantitative estimate of drug-likeness (QED) is 0.621. The molecule has 0 amide bonds. The molecule has 3 nitrogen and oxygen atoms in total. The van der Waals surface area contributed by atoms with Gasteiger partial charge in [-0.15, -0.1) is 0 Å². The molecule has 112 valence electrons. The van der Waals surface area contributed by atoms with Crippen molar-refractivity contribution in [2.24, 2.45) is 0 Å². The molecule has 0 unspecified atom stereocenters. The van der Waals surface area contributed by atoms with Crippen LogP contribution >= 0.6 is 31.9 Å². The minimum absolute atomic E-state index is 0.664. The minimum atomic E-state index is 0.664. The van der Waals surface area contributed by atoms with E-state index in [1.165, 1.54) is 18.4 Å². The lowest BCUT2D eigenvalue weighted by Gasteiger charge is -2.12. The number of halogens is 2. The molecule has 20 heavy (non-hydrogen) atoms. The molecule has 1 N–H and O–H groups in total. The Morgan fingerprint density at radius 2 is 1.90 bits per heavy atom. The van der Waals surface area contributed by atoms with Gasteiger partial charge in [0, 0.05) is 32.2 Å². The molecule has 0 heterocycles. The molecule has 1 fully saturated rings. The fourth-order valence-corrected chi connectivity index (χ4v) is 3.39. The molecular formula is C15H21Br2NO2. The van der Waals surface area contributed by atoms with Crippen molar-refractivity contribution in [2.45, 2.75) is 38.8 Å². The van der Waals surface area contributed by atoms with Crippen LogP contribution in [0.25, 0.3) is 0 Å². The molecular weight excluding hydrogens is 386 g/mol. The van der Waals surface area contributed by atoms with Crippen molar-refractivity contribution in [3.05, 3.63) is 26.6 Å². The maximum Gasteiger partial charge on any atom is 0.147 e. The van der Waals surface area contributed by atoms with E-state index in [1.54, 1.807) is 0 Å². The van der Waals surface area contributed by atoms with Crippen LogP contribution in [0.5, 0.6) is 5.75 Å².